The second-order valence-corrected chi connectivity index (χ2v) is 4.20. The number of aromatic amines is 1. The van der Waals surface area contributed by atoms with Crippen LogP contribution in [0.3, 0.4) is 0 Å². The zero-order valence-corrected chi connectivity index (χ0v) is 9.85. The van der Waals surface area contributed by atoms with Crippen molar-refractivity contribution in [2.75, 3.05) is 5.73 Å². The summed E-state index contributed by atoms with van der Waals surface area (Å²) in [5.74, 6) is -4.07. The van der Waals surface area contributed by atoms with Gasteiger partial charge in [0.05, 0.1) is 16.8 Å². The highest BCUT2D eigenvalue weighted by molar-refractivity contribution is 5.80. The number of benzene rings is 2. The average molecular weight is 281 g/mol. The lowest BCUT2D eigenvalue weighted by Crippen LogP contribution is -1.95. The molecule has 3 nitrogen and oxygen atoms in total. The summed E-state index contributed by atoms with van der Waals surface area (Å²) in [6, 6.07) is 3.84. The zero-order valence-electron chi connectivity index (χ0n) is 9.85. The maximum Gasteiger partial charge on any atom is 0.186 e. The van der Waals surface area contributed by atoms with E-state index < -0.39 is 23.3 Å². The molecule has 20 heavy (non-hydrogen) atoms. The minimum atomic E-state index is -1.14. The van der Waals surface area contributed by atoms with Gasteiger partial charge in [0.25, 0.3) is 0 Å². The largest absolute Gasteiger partial charge is 0.396 e. The molecule has 0 saturated heterocycles. The smallest absolute Gasteiger partial charge is 0.186 e. The molecule has 2 aromatic carbocycles. The number of halogens is 4. The molecule has 1 heterocycles. The van der Waals surface area contributed by atoms with Crippen molar-refractivity contribution < 1.29 is 17.6 Å². The Labute approximate surface area is 110 Å². The van der Waals surface area contributed by atoms with Gasteiger partial charge >= 0.3 is 0 Å². The maximum atomic E-state index is 13.7. The van der Waals surface area contributed by atoms with E-state index in [1.165, 1.54) is 6.07 Å². The van der Waals surface area contributed by atoms with Crippen molar-refractivity contribution in [3.8, 4) is 11.4 Å². The number of hydrogen-bond acceptors (Lipinski definition) is 2. The van der Waals surface area contributed by atoms with Gasteiger partial charge in [-0.1, -0.05) is 0 Å². The second-order valence-electron chi connectivity index (χ2n) is 4.20. The molecule has 0 saturated carbocycles. The first-order valence-corrected chi connectivity index (χ1v) is 5.56. The third kappa shape index (κ3) is 1.78. The number of nitrogens with zero attached hydrogens (tertiary/aromatic N) is 1. The molecule has 102 valence electrons. The van der Waals surface area contributed by atoms with Crippen LogP contribution in [0.4, 0.5) is 23.2 Å². The Bertz CT molecular complexity index is 826. The number of anilines is 1. The molecule has 0 aliphatic carbocycles. The molecule has 0 fully saturated rings. The van der Waals surface area contributed by atoms with E-state index in [1.807, 2.05) is 0 Å². The van der Waals surface area contributed by atoms with Gasteiger partial charge in [0, 0.05) is 6.07 Å². The fourth-order valence-corrected chi connectivity index (χ4v) is 1.89. The lowest BCUT2D eigenvalue weighted by molar-refractivity contribution is 0.515. The van der Waals surface area contributed by atoms with Crippen LogP contribution in [-0.4, -0.2) is 9.97 Å². The predicted octanol–water partition coefficient (Wildman–Crippen LogP) is 3.37. The first kappa shape index (κ1) is 12.5. The Hall–Kier alpha value is -2.57. The van der Waals surface area contributed by atoms with Gasteiger partial charge in [-0.3, -0.25) is 0 Å². The number of aromatic nitrogens is 2. The van der Waals surface area contributed by atoms with E-state index in [0.717, 1.165) is 12.1 Å². The van der Waals surface area contributed by atoms with Crippen LogP contribution in [0, 0.1) is 23.3 Å². The quantitative estimate of drug-likeness (QED) is 0.530. The highest BCUT2D eigenvalue weighted by atomic mass is 19.2. The molecular formula is C13H7F4N3. The van der Waals surface area contributed by atoms with Crippen LogP contribution in [-0.2, 0) is 0 Å². The summed E-state index contributed by atoms with van der Waals surface area (Å²) in [7, 11) is 0. The predicted molar refractivity (Wildman–Crippen MR) is 65.8 cm³/mol. The zero-order chi connectivity index (χ0) is 14.4. The molecule has 0 aliphatic rings. The number of nitrogens with two attached hydrogens (primary N) is 1. The molecular weight excluding hydrogens is 274 g/mol. The molecule has 7 heteroatoms. The highest BCUT2D eigenvalue weighted by Crippen LogP contribution is 2.28. The van der Waals surface area contributed by atoms with Crippen LogP contribution in [0.5, 0.6) is 0 Å². The molecule has 0 radical (unpaired) electrons. The van der Waals surface area contributed by atoms with Crippen LogP contribution in [0.25, 0.3) is 22.4 Å². The minimum Gasteiger partial charge on any atom is -0.396 e. The van der Waals surface area contributed by atoms with Crippen molar-refractivity contribution in [3.63, 3.8) is 0 Å². The number of rotatable bonds is 1. The Morgan fingerprint density at radius 1 is 0.950 bits per heavy atom. The van der Waals surface area contributed by atoms with Gasteiger partial charge in [-0.15, -0.1) is 0 Å². The number of hydrogen-bond donors (Lipinski definition) is 2. The van der Waals surface area contributed by atoms with Crippen molar-refractivity contribution in [1.29, 1.82) is 0 Å². The summed E-state index contributed by atoms with van der Waals surface area (Å²) in [6.45, 7) is 0. The summed E-state index contributed by atoms with van der Waals surface area (Å²) in [5, 5.41) is 0. The van der Waals surface area contributed by atoms with E-state index in [4.69, 9.17) is 5.73 Å². The van der Waals surface area contributed by atoms with Crippen molar-refractivity contribution in [2.45, 2.75) is 0 Å². The van der Waals surface area contributed by atoms with E-state index >= 15 is 0 Å². The fourth-order valence-electron chi connectivity index (χ4n) is 1.89. The van der Waals surface area contributed by atoms with Crippen LogP contribution in [0.1, 0.15) is 0 Å². The van der Waals surface area contributed by atoms with E-state index in [2.05, 4.69) is 9.97 Å². The van der Waals surface area contributed by atoms with Gasteiger partial charge < -0.3 is 10.7 Å². The highest BCUT2D eigenvalue weighted by Gasteiger charge is 2.16. The van der Waals surface area contributed by atoms with Crippen LogP contribution in [0.15, 0.2) is 24.3 Å². The topological polar surface area (TPSA) is 54.7 Å². The maximum absolute atomic E-state index is 13.7. The Morgan fingerprint density at radius 2 is 1.70 bits per heavy atom. The SMILES string of the molecule is Nc1cc(-c2nc3c(F)c(F)ccc3[nH]2)c(F)cc1F. The van der Waals surface area contributed by atoms with Gasteiger partial charge in [0.2, 0.25) is 0 Å². The van der Waals surface area contributed by atoms with Crippen molar-refractivity contribution >= 4 is 16.7 Å². The van der Waals surface area contributed by atoms with E-state index in [9.17, 15) is 17.6 Å². The summed E-state index contributed by atoms with van der Waals surface area (Å²) >= 11 is 0. The van der Waals surface area contributed by atoms with Crippen LogP contribution >= 0.6 is 0 Å². The number of H-pyrrole nitrogens is 1. The third-order valence-corrected chi connectivity index (χ3v) is 2.89. The average Bonchev–Trinajstić information content (AvgIpc) is 2.83. The number of imidazole rings is 1. The first-order valence-electron chi connectivity index (χ1n) is 5.56. The molecule has 3 rings (SSSR count). The Kier molecular flexibility index (Phi) is 2.63. The lowest BCUT2D eigenvalue weighted by Gasteiger charge is -2.02. The summed E-state index contributed by atoms with van der Waals surface area (Å²) in [6.07, 6.45) is 0. The lowest BCUT2D eigenvalue weighted by atomic mass is 10.1. The van der Waals surface area contributed by atoms with Crippen molar-refractivity contribution in [1.82, 2.24) is 9.97 Å². The van der Waals surface area contributed by atoms with Gasteiger partial charge in [0.1, 0.15) is 23.0 Å². The normalized spacial score (nSPS) is 11.2. The monoisotopic (exact) mass is 281 g/mol. The summed E-state index contributed by atoms with van der Waals surface area (Å²) in [4.78, 5) is 6.42. The van der Waals surface area contributed by atoms with Crippen LogP contribution in [0.2, 0.25) is 0 Å². The van der Waals surface area contributed by atoms with Crippen LogP contribution < -0.4 is 5.73 Å². The summed E-state index contributed by atoms with van der Waals surface area (Å²) in [5.41, 5.74) is 4.90. The fraction of sp³-hybridized carbons (Fsp3) is 0. The molecule has 0 spiro atoms. The van der Waals surface area contributed by atoms with Gasteiger partial charge in [-0.2, -0.15) is 0 Å². The first-order chi connectivity index (χ1) is 9.47. The Morgan fingerprint density at radius 3 is 2.45 bits per heavy atom. The molecule has 0 unspecified atom stereocenters. The molecule has 0 bridgehead atoms. The van der Waals surface area contributed by atoms with Gasteiger partial charge in [0.15, 0.2) is 11.6 Å². The number of nitrogens with one attached hydrogen (secondary N) is 1. The minimum absolute atomic E-state index is 0.0614. The second kappa shape index (κ2) is 4.22. The Balaban J connectivity index is 2.25. The van der Waals surface area contributed by atoms with Gasteiger partial charge in [-0.25, -0.2) is 22.5 Å². The van der Waals surface area contributed by atoms with Crippen molar-refractivity contribution in [2.24, 2.45) is 0 Å². The van der Waals surface area contributed by atoms with E-state index in [0.29, 0.717) is 6.07 Å². The number of fused-ring (bicyclic) bond motifs is 1. The molecule has 0 amide bonds. The molecule has 3 aromatic rings. The summed E-state index contributed by atoms with van der Waals surface area (Å²) < 4.78 is 53.4. The number of nitrogen functional groups attached to an aromatic ring is 1. The van der Waals surface area contributed by atoms with E-state index in [-0.39, 0.29) is 28.1 Å². The van der Waals surface area contributed by atoms with E-state index in [1.54, 1.807) is 0 Å². The third-order valence-electron chi connectivity index (χ3n) is 2.89. The molecule has 0 atom stereocenters. The molecule has 1 aromatic heterocycles. The standard InChI is InChI=1S/C13H7F4N3/c14-6-1-2-10-12(11(6)17)20-13(19-10)5-3-9(18)8(16)4-7(5)15/h1-4H,18H2,(H,19,20). The van der Waals surface area contributed by atoms with Gasteiger partial charge in [-0.05, 0) is 18.2 Å². The van der Waals surface area contributed by atoms with Crippen molar-refractivity contribution in [3.05, 3.63) is 47.5 Å². The molecule has 3 N–H and O–H groups in total. The molecule has 0 aliphatic heterocycles.